The zero-order valence-electron chi connectivity index (χ0n) is 32.7. The van der Waals surface area contributed by atoms with Gasteiger partial charge in [-0.15, -0.1) is 0 Å². The highest BCUT2D eigenvalue weighted by Gasteiger charge is 2.34. The van der Waals surface area contributed by atoms with E-state index in [2.05, 4.69) is 33.7 Å². The molecule has 10 heteroatoms. The second kappa shape index (κ2) is 20.2. The maximum atomic E-state index is 12.7. The van der Waals surface area contributed by atoms with Crippen molar-refractivity contribution >= 4 is 23.2 Å². The second-order valence-corrected chi connectivity index (χ2v) is 14.8. The van der Waals surface area contributed by atoms with Crippen molar-refractivity contribution in [3.8, 4) is 11.1 Å². The van der Waals surface area contributed by atoms with Crippen molar-refractivity contribution in [2.75, 3.05) is 24.6 Å². The van der Waals surface area contributed by atoms with Crippen LogP contribution in [-0.4, -0.2) is 52.7 Å². The van der Waals surface area contributed by atoms with Crippen molar-refractivity contribution in [1.82, 2.24) is 10.2 Å². The minimum Gasteiger partial charge on any atom is -0.397 e. The van der Waals surface area contributed by atoms with Crippen molar-refractivity contribution in [3.05, 3.63) is 155 Å². The molecule has 0 saturated carbocycles. The van der Waals surface area contributed by atoms with E-state index in [1.54, 1.807) is 12.1 Å². The van der Waals surface area contributed by atoms with Crippen LogP contribution in [0.1, 0.15) is 85.3 Å². The number of ether oxygens (including phenoxy) is 2. The Hall–Kier alpha value is -5.36. The number of amides is 2. The molecule has 0 bridgehead atoms. The lowest BCUT2D eigenvalue weighted by atomic mass is 9.97. The number of hydrogen-bond donors (Lipinski definition) is 5. The van der Waals surface area contributed by atoms with E-state index < -0.39 is 12.4 Å². The largest absolute Gasteiger partial charge is 0.397 e. The number of carbonyl (C=O) groups is 2. The fraction of sp³-hybridized carbons (Fsp3) is 0.319. The summed E-state index contributed by atoms with van der Waals surface area (Å²) >= 11 is 0. The molecule has 1 heterocycles. The number of para-hydroxylation sites is 2. The first-order valence-electron chi connectivity index (χ1n) is 19.7. The highest BCUT2D eigenvalue weighted by molar-refractivity contribution is 5.93. The van der Waals surface area contributed by atoms with Gasteiger partial charge in [0, 0.05) is 44.0 Å². The number of aliphatic hydroxyl groups excluding tert-OH is 2. The van der Waals surface area contributed by atoms with E-state index in [1.165, 1.54) is 0 Å². The molecule has 1 aliphatic rings. The first kappa shape index (κ1) is 41.3. The average molecular weight is 771 g/mol. The number of hydrogen-bond acceptors (Lipinski definition) is 8. The zero-order valence-corrected chi connectivity index (χ0v) is 32.7. The Morgan fingerprint density at radius 2 is 1.47 bits per heavy atom. The van der Waals surface area contributed by atoms with Crippen LogP contribution in [0.2, 0.25) is 0 Å². The summed E-state index contributed by atoms with van der Waals surface area (Å²) in [4.78, 5) is 27.1. The van der Waals surface area contributed by atoms with Crippen LogP contribution < -0.4 is 16.4 Å². The van der Waals surface area contributed by atoms with Crippen molar-refractivity contribution < 1.29 is 29.3 Å². The van der Waals surface area contributed by atoms with Crippen molar-refractivity contribution in [1.29, 1.82) is 0 Å². The quantitative estimate of drug-likeness (QED) is 0.0475. The molecule has 0 aliphatic carbocycles. The number of nitrogens with two attached hydrogens (primary N) is 1. The van der Waals surface area contributed by atoms with E-state index in [0.717, 1.165) is 38.9 Å². The highest BCUT2D eigenvalue weighted by atomic mass is 16.7. The van der Waals surface area contributed by atoms with Gasteiger partial charge in [0.25, 0.3) is 0 Å². The van der Waals surface area contributed by atoms with E-state index in [1.807, 2.05) is 111 Å². The molecule has 5 aromatic rings. The summed E-state index contributed by atoms with van der Waals surface area (Å²) < 4.78 is 13.3. The predicted octanol–water partition coefficient (Wildman–Crippen LogP) is 7.84. The lowest BCUT2D eigenvalue weighted by Crippen LogP contribution is -2.43. The SMILES string of the molecule is CC(C(O)c1ccccc1)N(C)CC1CC(c2ccc(CO)cc2)OC(c2cccc(-c3cccc(CNC(=O)CCCCC(=O)Nc4ccccc4N)c3)c2)O1. The Balaban J connectivity index is 1.07. The fourth-order valence-electron chi connectivity index (χ4n) is 7.10. The maximum Gasteiger partial charge on any atom is 0.224 e. The summed E-state index contributed by atoms with van der Waals surface area (Å²) in [5, 5.41) is 26.6. The molecule has 1 aliphatic heterocycles. The molecule has 5 atom stereocenters. The van der Waals surface area contributed by atoms with Gasteiger partial charge in [0.2, 0.25) is 11.8 Å². The number of nitrogens with one attached hydrogen (secondary N) is 2. The second-order valence-electron chi connectivity index (χ2n) is 14.8. The standard InChI is InChI=1S/C47H54N4O6/c1-32(46(55)36-13-4-3-5-14-36)51(2)30-40-28-43(35-24-22-33(31-52)23-25-35)57-47(56-40)39-17-11-16-38(27-39)37-15-10-12-34(26-37)29-49-44(53)20-8-9-21-45(54)50-42-19-7-6-18-41(42)48/h3-7,10-19,22-27,32,40,43,46-47,52,55H,8-9,20-21,28-31,48H2,1-2H3,(H,49,53)(H,50,54). The summed E-state index contributed by atoms with van der Waals surface area (Å²) in [6.45, 7) is 2.97. The summed E-state index contributed by atoms with van der Waals surface area (Å²) in [6.07, 6.45) is 0.737. The molecular formula is C47H54N4O6. The van der Waals surface area contributed by atoms with Gasteiger partial charge >= 0.3 is 0 Å². The molecule has 5 aromatic carbocycles. The topological polar surface area (TPSA) is 146 Å². The van der Waals surface area contributed by atoms with Crippen LogP contribution in [0, 0.1) is 0 Å². The van der Waals surface area contributed by atoms with Gasteiger partial charge in [-0.3, -0.25) is 14.5 Å². The minimum atomic E-state index is -0.652. The molecule has 1 fully saturated rings. The Morgan fingerprint density at radius 1 is 0.789 bits per heavy atom. The number of likely N-dealkylation sites (N-methyl/N-ethyl adjacent to an activating group) is 1. The number of rotatable bonds is 17. The van der Waals surface area contributed by atoms with E-state index >= 15 is 0 Å². The number of unbranched alkanes of at least 4 members (excludes halogenated alkanes) is 1. The molecule has 6 N–H and O–H groups in total. The molecule has 10 nitrogen and oxygen atoms in total. The van der Waals surface area contributed by atoms with E-state index in [0.29, 0.717) is 56.6 Å². The minimum absolute atomic E-state index is 0.0268. The Kier molecular flexibility index (Phi) is 14.6. The number of carbonyl (C=O) groups excluding carboxylic acids is 2. The molecule has 0 spiro atoms. The first-order chi connectivity index (χ1) is 27.7. The van der Waals surface area contributed by atoms with Gasteiger partial charge in [-0.2, -0.15) is 0 Å². The van der Waals surface area contributed by atoms with Crippen molar-refractivity contribution in [2.24, 2.45) is 0 Å². The molecule has 6 rings (SSSR count). The molecular weight excluding hydrogens is 717 g/mol. The summed E-state index contributed by atoms with van der Waals surface area (Å²) in [5.74, 6) is -0.187. The van der Waals surface area contributed by atoms with E-state index in [-0.39, 0.29) is 36.7 Å². The number of aliphatic hydroxyl groups is 2. The van der Waals surface area contributed by atoms with Crippen molar-refractivity contribution in [2.45, 2.75) is 82.8 Å². The molecule has 298 valence electrons. The smallest absolute Gasteiger partial charge is 0.224 e. The third-order valence-electron chi connectivity index (χ3n) is 10.6. The Morgan fingerprint density at radius 3 is 2.21 bits per heavy atom. The Bertz CT molecular complexity index is 2060. The normalized spacial score (nSPS) is 17.8. The van der Waals surface area contributed by atoms with Gasteiger partial charge in [0.15, 0.2) is 6.29 Å². The van der Waals surface area contributed by atoms with Crippen LogP contribution in [0.3, 0.4) is 0 Å². The van der Waals surface area contributed by atoms with Gasteiger partial charge in [-0.05, 0) is 84.5 Å². The van der Waals surface area contributed by atoms with Crippen LogP contribution in [-0.2, 0) is 32.2 Å². The lowest BCUT2D eigenvalue weighted by molar-refractivity contribution is -0.253. The predicted molar refractivity (Wildman–Crippen MR) is 224 cm³/mol. The summed E-state index contributed by atoms with van der Waals surface area (Å²) in [5.41, 5.74) is 13.6. The third-order valence-corrected chi connectivity index (χ3v) is 10.6. The number of nitrogens with zero attached hydrogens (tertiary/aromatic N) is 1. The molecule has 0 aromatic heterocycles. The van der Waals surface area contributed by atoms with E-state index in [4.69, 9.17) is 15.2 Å². The van der Waals surface area contributed by atoms with Crippen LogP contribution in [0.25, 0.3) is 11.1 Å². The fourth-order valence-corrected chi connectivity index (χ4v) is 7.10. The van der Waals surface area contributed by atoms with Crippen LogP contribution in [0.4, 0.5) is 11.4 Å². The first-order valence-corrected chi connectivity index (χ1v) is 19.7. The number of benzene rings is 5. The van der Waals surface area contributed by atoms with Crippen LogP contribution in [0.15, 0.2) is 127 Å². The average Bonchev–Trinajstić information content (AvgIpc) is 3.25. The highest BCUT2D eigenvalue weighted by Crippen LogP contribution is 2.39. The molecule has 2 amide bonds. The Labute approximate surface area is 335 Å². The zero-order chi connectivity index (χ0) is 40.1. The number of nitrogen functional groups attached to an aromatic ring is 1. The molecule has 5 unspecified atom stereocenters. The lowest BCUT2D eigenvalue weighted by Gasteiger charge is -2.39. The van der Waals surface area contributed by atoms with E-state index in [9.17, 15) is 19.8 Å². The molecule has 57 heavy (non-hydrogen) atoms. The van der Waals surface area contributed by atoms with Crippen molar-refractivity contribution in [3.63, 3.8) is 0 Å². The number of anilines is 2. The van der Waals surface area contributed by atoms with Gasteiger partial charge in [0.05, 0.1) is 36.3 Å². The van der Waals surface area contributed by atoms with Crippen LogP contribution in [0.5, 0.6) is 0 Å². The summed E-state index contributed by atoms with van der Waals surface area (Å²) in [7, 11) is 2.01. The molecule has 1 saturated heterocycles. The monoisotopic (exact) mass is 770 g/mol. The van der Waals surface area contributed by atoms with Gasteiger partial charge in [-0.25, -0.2) is 0 Å². The van der Waals surface area contributed by atoms with Gasteiger partial charge in [-0.1, -0.05) is 103 Å². The molecule has 0 radical (unpaired) electrons. The maximum absolute atomic E-state index is 12.7. The van der Waals surface area contributed by atoms with Gasteiger partial charge < -0.3 is 36.1 Å². The third kappa shape index (κ3) is 11.6. The van der Waals surface area contributed by atoms with Crippen LogP contribution >= 0.6 is 0 Å². The summed E-state index contributed by atoms with van der Waals surface area (Å²) in [6, 6.07) is 40.8. The van der Waals surface area contributed by atoms with Gasteiger partial charge in [0.1, 0.15) is 0 Å².